The molecule has 0 N–H and O–H groups in total. The maximum absolute atomic E-state index is 6.31. The molecule has 14 heavy (non-hydrogen) atoms. The molecule has 0 radical (unpaired) electrons. The third-order valence-electron chi connectivity index (χ3n) is 2.76. The van der Waals surface area contributed by atoms with Crippen molar-refractivity contribution in [3.63, 3.8) is 0 Å². The Morgan fingerprint density at radius 2 is 2.29 bits per heavy atom. The van der Waals surface area contributed by atoms with Crippen molar-refractivity contribution in [2.45, 2.75) is 24.6 Å². The Morgan fingerprint density at radius 1 is 1.50 bits per heavy atom. The van der Waals surface area contributed by atoms with Gasteiger partial charge in [-0.15, -0.1) is 11.6 Å². The zero-order valence-electron chi connectivity index (χ0n) is 8.00. The summed E-state index contributed by atoms with van der Waals surface area (Å²) in [4.78, 5) is 4.39. The van der Waals surface area contributed by atoms with Gasteiger partial charge in [-0.1, -0.05) is 0 Å². The van der Waals surface area contributed by atoms with E-state index in [-0.39, 0.29) is 4.87 Å². The maximum Gasteiger partial charge on any atom is 0.137 e. The molecule has 2 aromatic heterocycles. The molecule has 2 heterocycles. The van der Waals surface area contributed by atoms with Crippen LogP contribution in [0.1, 0.15) is 24.1 Å². The van der Waals surface area contributed by atoms with E-state index in [1.165, 1.54) is 5.56 Å². The van der Waals surface area contributed by atoms with Gasteiger partial charge in [-0.2, -0.15) is 0 Å². The van der Waals surface area contributed by atoms with Gasteiger partial charge in [0.15, 0.2) is 0 Å². The van der Waals surface area contributed by atoms with E-state index in [0.29, 0.717) is 0 Å². The zero-order chi connectivity index (χ0) is 9.76. The van der Waals surface area contributed by atoms with Crippen molar-refractivity contribution >= 4 is 17.2 Å². The van der Waals surface area contributed by atoms with Crippen molar-refractivity contribution < 1.29 is 0 Å². The van der Waals surface area contributed by atoms with Crippen LogP contribution in [0.15, 0.2) is 24.5 Å². The molecule has 0 atom stereocenters. The van der Waals surface area contributed by atoms with E-state index in [9.17, 15) is 0 Å². The number of hydrogen-bond donors (Lipinski definition) is 0. The molecule has 0 aromatic carbocycles. The quantitative estimate of drug-likeness (QED) is 0.656. The molecule has 0 spiro atoms. The predicted molar refractivity (Wildman–Crippen MR) is 56.7 cm³/mol. The Kier molecular flexibility index (Phi) is 1.49. The minimum absolute atomic E-state index is 0.153. The Bertz CT molecular complexity index is 497. The molecule has 3 heteroatoms. The highest BCUT2D eigenvalue weighted by molar-refractivity contribution is 6.25. The van der Waals surface area contributed by atoms with E-state index in [4.69, 9.17) is 11.6 Å². The lowest BCUT2D eigenvalue weighted by Crippen LogP contribution is -1.94. The van der Waals surface area contributed by atoms with Gasteiger partial charge in [-0.05, 0) is 37.5 Å². The normalized spacial score (nSPS) is 18.7. The lowest BCUT2D eigenvalue weighted by Gasteiger charge is -1.97. The van der Waals surface area contributed by atoms with Crippen LogP contribution in [0.3, 0.4) is 0 Å². The summed E-state index contributed by atoms with van der Waals surface area (Å²) in [5.74, 6) is 0. The fourth-order valence-corrected chi connectivity index (χ4v) is 1.85. The zero-order valence-corrected chi connectivity index (χ0v) is 8.75. The molecular weight excluding hydrogens is 196 g/mol. The van der Waals surface area contributed by atoms with Crippen LogP contribution in [-0.4, -0.2) is 9.38 Å². The van der Waals surface area contributed by atoms with E-state index < -0.39 is 0 Å². The molecule has 1 aliphatic rings. The Hall–Kier alpha value is -1.02. The standard InChI is InChI=1S/C11H11ClN2/c1-8-2-5-14-7-9(11(12)3-4-11)13-10(14)6-8/h2,5-7H,3-4H2,1H3. The van der Waals surface area contributed by atoms with Gasteiger partial charge in [0.05, 0.1) is 10.6 Å². The number of imidazole rings is 1. The average Bonchev–Trinajstić information content (AvgIpc) is 2.77. The molecule has 1 saturated carbocycles. The summed E-state index contributed by atoms with van der Waals surface area (Å²) < 4.78 is 2.03. The minimum atomic E-state index is -0.153. The lowest BCUT2D eigenvalue weighted by atomic mass is 10.3. The van der Waals surface area contributed by atoms with Gasteiger partial charge in [-0.3, -0.25) is 0 Å². The fourth-order valence-electron chi connectivity index (χ4n) is 1.67. The first kappa shape index (κ1) is 8.30. The molecule has 0 amide bonds. The summed E-state index contributed by atoms with van der Waals surface area (Å²) in [5.41, 5.74) is 3.24. The summed E-state index contributed by atoms with van der Waals surface area (Å²) in [6.07, 6.45) is 6.17. The summed E-state index contributed by atoms with van der Waals surface area (Å²) >= 11 is 6.31. The van der Waals surface area contributed by atoms with Crippen LogP contribution in [0.5, 0.6) is 0 Å². The van der Waals surface area contributed by atoms with E-state index in [1.54, 1.807) is 0 Å². The number of aryl methyl sites for hydroxylation is 1. The van der Waals surface area contributed by atoms with Crippen LogP contribution in [-0.2, 0) is 4.87 Å². The molecule has 3 rings (SSSR count). The van der Waals surface area contributed by atoms with Gasteiger partial charge in [0.2, 0.25) is 0 Å². The maximum atomic E-state index is 6.31. The second kappa shape index (κ2) is 2.51. The number of hydrogen-bond acceptors (Lipinski definition) is 1. The molecule has 72 valence electrons. The van der Waals surface area contributed by atoms with Crippen molar-refractivity contribution in [3.05, 3.63) is 35.8 Å². The molecule has 1 fully saturated rings. The van der Waals surface area contributed by atoms with Crippen molar-refractivity contribution in [2.24, 2.45) is 0 Å². The first-order valence-electron chi connectivity index (χ1n) is 4.82. The van der Waals surface area contributed by atoms with Crippen LogP contribution in [0.2, 0.25) is 0 Å². The molecule has 2 aromatic rings. The molecule has 1 aliphatic carbocycles. The highest BCUT2D eigenvalue weighted by Gasteiger charge is 2.44. The number of fused-ring (bicyclic) bond motifs is 1. The van der Waals surface area contributed by atoms with Crippen LogP contribution < -0.4 is 0 Å². The number of alkyl halides is 1. The lowest BCUT2D eigenvalue weighted by molar-refractivity contribution is 0.959. The van der Waals surface area contributed by atoms with E-state index in [2.05, 4.69) is 24.0 Å². The number of rotatable bonds is 1. The van der Waals surface area contributed by atoms with Crippen LogP contribution in [0, 0.1) is 6.92 Å². The predicted octanol–water partition coefficient (Wildman–Crippen LogP) is 2.87. The van der Waals surface area contributed by atoms with Crippen molar-refractivity contribution in [1.29, 1.82) is 0 Å². The molecule has 2 nitrogen and oxygen atoms in total. The Labute approximate surface area is 87.5 Å². The third kappa shape index (κ3) is 1.14. The summed E-state index contributed by atoms with van der Waals surface area (Å²) in [7, 11) is 0. The van der Waals surface area contributed by atoms with Gasteiger partial charge in [0, 0.05) is 12.4 Å². The summed E-state index contributed by atoms with van der Waals surface area (Å²) in [6, 6.07) is 4.15. The Balaban J connectivity index is 2.20. The number of pyridine rings is 1. The number of nitrogens with zero attached hydrogens (tertiary/aromatic N) is 2. The monoisotopic (exact) mass is 206 g/mol. The van der Waals surface area contributed by atoms with Crippen LogP contribution >= 0.6 is 11.6 Å². The Morgan fingerprint density at radius 3 is 3.00 bits per heavy atom. The van der Waals surface area contributed by atoms with Gasteiger partial charge in [-0.25, -0.2) is 4.98 Å². The molecular formula is C11H11ClN2. The van der Waals surface area contributed by atoms with E-state index in [1.807, 2.05) is 16.8 Å². The van der Waals surface area contributed by atoms with Crippen molar-refractivity contribution in [3.8, 4) is 0 Å². The fraction of sp³-hybridized carbons (Fsp3) is 0.364. The second-order valence-corrected chi connectivity index (χ2v) is 4.78. The largest absolute Gasteiger partial charge is 0.307 e. The second-order valence-electron chi connectivity index (χ2n) is 4.06. The number of halogens is 1. The van der Waals surface area contributed by atoms with E-state index >= 15 is 0 Å². The van der Waals surface area contributed by atoms with Crippen LogP contribution in [0.4, 0.5) is 0 Å². The average molecular weight is 207 g/mol. The number of aromatic nitrogens is 2. The molecule has 0 bridgehead atoms. The first-order valence-corrected chi connectivity index (χ1v) is 5.20. The van der Waals surface area contributed by atoms with E-state index in [0.717, 1.165) is 24.2 Å². The van der Waals surface area contributed by atoms with Crippen molar-refractivity contribution in [1.82, 2.24) is 9.38 Å². The first-order chi connectivity index (χ1) is 6.67. The van der Waals surface area contributed by atoms with Gasteiger partial charge in [0.25, 0.3) is 0 Å². The molecule has 0 aliphatic heterocycles. The summed E-state index contributed by atoms with van der Waals surface area (Å²) in [5, 5.41) is 0. The topological polar surface area (TPSA) is 17.3 Å². The molecule has 0 unspecified atom stereocenters. The van der Waals surface area contributed by atoms with Gasteiger partial charge >= 0.3 is 0 Å². The summed E-state index contributed by atoms with van der Waals surface area (Å²) in [6.45, 7) is 2.07. The van der Waals surface area contributed by atoms with Gasteiger partial charge in [0.1, 0.15) is 5.65 Å². The highest BCUT2D eigenvalue weighted by Crippen LogP contribution is 2.51. The smallest absolute Gasteiger partial charge is 0.137 e. The minimum Gasteiger partial charge on any atom is -0.307 e. The van der Waals surface area contributed by atoms with Crippen molar-refractivity contribution in [2.75, 3.05) is 0 Å². The van der Waals surface area contributed by atoms with Crippen LogP contribution in [0.25, 0.3) is 5.65 Å². The highest BCUT2D eigenvalue weighted by atomic mass is 35.5. The SMILES string of the molecule is Cc1ccn2cc(C3(Cl)CC3)nc2c1. The molecule has 0 saturated heterocycles. The third-order valence-corrected chi connectivity index (χ3v) is 3.34. The van der Waals surface area contributed by atoms with Gasteiger partial charge < -0.3 is 4.40 Å².